The Morgan fingerprint density at radius 2 is 1.69 bits per heavy atom. The van der Waals surface area contributed by atoms with Crippen molar-refractivity contribution in [1.29, 1.82) is 0 Å². The fraction of sp³-hybridized carbons (Fsp3) is 0.208. The highest BCUT2D eigenvalue weighted by atomic mass is 32.2. The molecule has 8 heteroatoms. The SMILES string of the molecule is CN(Cc1ccccc1)S(=O)(=O)c1ccc(OCC(=O)N2CCOc3ccccc32)cc1. The molecule has 1 amide bonds. The number of hydrogen-bond acceptors (Lipinski definition) is 5. The van der Waals surface area contributed by atoms with Crippen LogP contribution in [0.2, 0.25) is 0 Å². The van der Waals surface area contributed by atoms with E-state index in [9.17, 15) is 13.2 Å². The van der Waals surface area contributed by atoms with Crippen LogP contribution in [0.25, 0.3) is 0 Å². The maximum Gasteiger partial charge on any atom is 0.265 e. The van der Waals surface area contributed by atoms with Gasteiger partial charge in [-0.15, -0.1) is 0 Å². The van der Waals surface area contributed by atoms with Crippen LogP contribution in [-0.2, 0) is 21.4 Å². The average Bonchev–Trinajstić information content (AvgIpc) is 2.83. The zero-order valence-corrected chi connectivity index (χ0v) is 18.5. The van der Waals surface area contributed by atoms with Crippen LogP contribution in [-0.4, -0.2) is 45.4 Å². The summed E-state index contributed by atoms with van der Waals surface area (Å²) in [4.78, 5) is 14.5. The largest absolute Gasteiger partial charge is 0.490 e. The van der Waals surface area contributed by atoms with Crippen LogP contribution in [0.3, 0.4) is 0 Å². The molecule has 32 heavy (non-hydrogen) atoms. The van der Waals surface area contributed by atoms with Gasteiger partial charge in [-0.05, 0) is 42.0 Å². The minimum Gasteiger partial charge on any atom is -0.490 e. The number of anilines is 1. The summed E-state index contributed by atoms with van der Waals surface area (Å²) in [6.07, 6.45) is 0. The Kier molecular flexibility index (Phi) is 6.43. The second-order valence-electron chi connectivity index (χ2n) is 7.37. The Hall–Kier alpha value is -3.36. The van der Waals surface area contributed by atoms with E-state index in [1.54, 1.807) is 24.1 Å². The zero-order valence-electron chi connectivity index (χ0n) is 17.7. The molecule has 0 saturated carbocycles. The van der Waals surface area contributed by atoms with Gasteiger partial charge in [-0.3, -0.25) is 4.79 Å². The van der Waals surface area contributed by atoms with Crippen molar-refractivity contribution in [1.82, 2.24) is 4.31 Å². The van der Waals surface area contributed by atoms with Crippen LogP contribution < -0.4 is 14.4 Å². The first-order valence-electron chi connectivity index (χ1n) is 10.2. The van der Waals surface area contributed by atoms with Crippen molar-refractivity contribution < 1.29 is 22.7 Å². The molecule has 0 fully saturated rings. The van der Waals surface area contributed by atoms with Crippen LogP contribution in [0.4, 0.5) is 5.69 Å². The molecule has 0 bridgehead atoms. The number of nitrogens with zero attached hydrogens (tertiary/aromatic N) is 2. The van der Waals surface area contributed by atoms with Gasteiger partial charge in [0.2, 0.25) is 10.0 Å². The Bertz CT molecular complexity index is 1180. The van der Waals surface area contributed by atoms with Crippen molar-refractivity contribution in [3.63, 3.8) is 0 Å². The van der Waals surface area contributed by atoms with Crippen molar-refractivity contribution in [3.8, 4) is 11.5 Å². The van der Waals surface area contributed by atoms with Crippen molar-refractivity contribution in [2.75, 3.05) is 31.7 Å². The third-order valence-electron chi connectivity index (χ3n) is 5.17. The van der Waals surface area contributed by atoms with Crippen LogP contribution in [0.5, 0.6) is 11.5 Å². The summed E-state index contributed by atoms with van der Waals surface area (Å²) in [6, 6.07) is 22.9. The van der Waals surface area contributed by atoms with Crippen LogP contribution in [0, 0.1) is 0 Å². The molecule has 0 N–H and O–H groups in total. The lowest BCUT2D eigenvalue weighted by molar-refractivity contribution is -0.120. The van der Waals surface area contributed by atoms with E-state index in [2.05, 4.69) is 0 Å². The molecule has 3 aromatic carbocycles. The van der Waals surface area contributed by atoms with E-state index in [0.717, 1.165) is 11.3 Å². The Balaban J connectivity index is 1.38. The van der Waals surface area contributed by atoms with E-state index in [0.29, 0.717) is 24.7 Å². The Morgan fingerprint density at radius 1 is 1.00 bits per heavy atom. The molecule has 166 valence electrons. The summed E-state index contributed by atoms with van der Waals surface area (Å²) in [6.45, 7) is 0.987. The third kappa shape index (κ3) is 4.76. The number of fused-ring (bicyclic) bond motifs is 1. The summed E-state index contributed by atoms with van der Waals surface area (Å²) in [5.41, 5.74) is 1.62. The van der Waals surface area contributed by atoms with E-state index in [1.807, 2.05) is 54.6 Å². The lowest BCUT2D eigenvalue weighted by atomic mass is 10.2. The fourth-order valence-electron chi connectivity index (χ4n) is 3.46. The van der Waals surface area contributed by atoms with Gasteiger partial charge in [-0.25, -0.2) is 8.42 Å². The highest BCUT2D eigenvalue weighted by molar-refractivity contribution is 7.89. The quantitative estimate of drug-likeness (QED) is 0.550. The molecule has 1 aliphatic heterocycles. The van der Waals surface area contributed by atoms with Gasteiger partial charge in [0.25, 0.3) is 5.91 Å². The number of amides is 1. The first-order valence-corrected chi connectivity index (χ1v) is 11.6. The molecule has 7 nitrogen and oxygen atoms in total. The summed E-state index contributed by atoms with van der Waals surface area (Å²) in [7, 11) is -2.10. The lowest BCUT2D eigenvalue weighted by Crippen LogP contribution is -2.40. The minimum atomic E-state index is -3.65. The number of rotatable bonds is 7. The van der Waals surface area contributed by atoms with Gasteiger partial charge >= 0.3 is 0 Å². The molecule has 1 aliphatic rings. The molecule has 4 rings (SSSR count). The highest BCUT2D eigenvalue weighted by Crippen LogP contribution is 2.31. The Labute approximate surface area is 187 Å². The van der Waals surface area contributed by atoms with Gasteiger partial charge in [-0.1, -0.05) is 42.5 Å². The predicted molar refractivity (Wildman–Crippen MR) is 121 cm³/mol. The first-order chi connectivity index (χ1) is 15.4. The van der Waals surface area contributed by atoms with E-state index >= 15 is 0 Å². The second kappa shape index (κ2) is 9.42. The number of benzene rings is 3. The summed E-state index contributed by atoms with van der Waals surface area (Å²) < 4.78 is 38.2. The first kappa shape index (κ1) is 21.9. The fourth-order valence-corrected chi connectivity index (χ4v) is 4.62. The molecule has 0 aromatic heterocycles. The standard InChI is InChI=1S/C24H24N2O5S/c1-25(17-19-7-3-2-4-8-19)32(28,29)21-13-11-20(12-14-21)31-18-24(27)26-15-16-30-23-10-6-5-9-22(23)26/h2-14H,15-18H2,1H3. The zero-order chi connectivity index (χ0) is 22.6. The molecular weight excluding hydrogens is 428 g/mol. The van der Waals surface area contributed by atoms with Crippen molar-refractivity contribution >= 4 is 21.6 Å². The van der Waals surface area contributed by atoms with Gasteiger partial charge in [-0.2, -0.15) is 4.31 Å². The smallest absolute Gasteiger partial charge is 0.265 e. The molecule has 0 atom stereocenters. The van der Waals surface area contributed by atoms with Gasteiger partial charge in [0.15, 0.2) is 6.61 Å². The maximum atomic E-state index is 12.8. The number of carbonyl (C=O) groups is 1. The monoisotopic (exact) mass is 452 g/mol. The molecule has 0 saturated heterocycles. The van der Waals surface area contributed by atoms with Gasteiger partial charge in [0.1, 0.15) is 18.1 Å². The summed E-state index contributed by atoms with van der Waals surface area (Å²) >= 11 is 0. The number of para-hydroxylation sites is 2. The number of sulfonamides is 1. The molecule has 3 aromatic rings. The van der Waals surface area contributed by atoms with Crippen LogP contribution >= 0.6 is 0 Å². The van der Waals surface area contributed by atoms with Crippen LogP contribution in [0.1, 0.15) is 5.56 Å². The third-order valence-corrected chi connectivity index (χ3v) is 6.99. The second-order valence-corrected chi connectivity index (χ2v) is 9.41. The number of carbonyl (C=O) groups excluding carboxylic acids is 1. The van der Waals surface area contributed by atoms with Gasteiger partial charge in [0.05, 0.1) is 17.1 Å². The molecule has 0 unspecified atom stereocenters. The highest BCUT2D eigenvalue weighted by Gasteiger charge is 2.24. The molecule has 0 spiro atoms. The van der Waals surface area contributed by atoms with E-state index < -0.39 is 10.0 Å². The van der Waals surface area contributed by atoms with E-state index in [1.165, 1.54) is 16.4 Å². The Morgan fingerprint density at radius 3 is 2.44 bits per heavy atom. The molecule has 0 aliphatic carbocycles. The van der Waals surface area contributed by atoms with E-state index in [4.69, 9.17) is 9.47 Å². The van der Waals surface area contributed by atoms with E-state index in [-0.39, 0.29) is 24.0 Å². The molecule has 0 radical (unpaired) electrons. The van der Waals surface area contributed by atoms with Gasteiger partial charge in [0, 0.05) is 13.6 Å². The molecule has 1 heterocycles. The van der Waals surface area contributed by atoms with Crippen molar-refractivity contribution in [2.45, 2.75) is 11.4 Å². The lowest BCUT2D eigenvalue weighted by Gasteiger charge is -2.29. The maximum absolute atomic E-state index is 12.8. The topological polar surface area (TPSA) is 76.2 Å². The van der Waals surface area contributed by atoms with Crippen molar-refractivity contribution in [3.05, 3.63) is 84.4 Å². The minimum absolute atomic E-state index is 0.158. The van der Waals surface area contributed by atoms with Crippen LogP contribution in [0.15, 0.2) is 83.8 Å². The molecular formula is C24H24N2O5S. The summed E-state index contributed by atoms with van der Waals surface area (Å²) in [5, 5.41) is 0. The number of ether oxygens (including phenoxy) is 2. The van der Waals surface area contributed by atoms with Crippen molar-refractivity contribution in [2.24, 2.45) is 0 Å². The summed E-state index contributed by atoms with van der Waals surface area (Å²) in [5.74, 6) is 0.894. The van der Waals surface area contributed by atoms with Gasteiger partial charge < -0.3 is 14.4 Å². The average molecular weight is 453 g/mol. The normalized spacial score (nSPS) is 13.4. The number of hydrogen-bond donors (Lipinski definition) is 0. The predicted octanol–water partition coefficient (Wildman–Crippen LogP) is 3.31.